The minimum absolute atomic E-state index is 0.500. The molecular formula is C13H32O6. The summed E-state index contributed by atoms with van der Waals surface area (Å²) < 4.78 is 22.8. The largest absolute Gasteiger partial charge is 0.385 e. The molecule has 0 aliphatic carbocycles. The molecule has 0 spiro atoms. The van der Waals surface area contributed by atoms with Crippen molar-refractivity contribution in [2.75, 3.05) is 54.0 Å². The molecule has 0 aromatic heterocycles. The fourth-order valence-electron chi connectivity index (χ4n) is 0.295. The standard InChI is InChI=1S/C3H6O2.C3H8O2.C3H8O.C2H4O.C2H6/c1-2-5-3-4-1;1-3(4)5-2;1-3-4-2;1-2-3-1;1-2/h1-3H2;3-4H,1-2H3;3H2,1-2H3;1-2H2;1-2H3. The molecule has 2 saturated heterocycles. The zero-order valence-electron chi connectivity index (χ0n) is 13.3. The number of hydrogen-bond acceptors (Lipinski definition) is 6. The topological polar surface area (TPSA) is 69.7 Å². The van der Waals surface area contributed by atoms with E-state index in [-0.39, 0.29) is 0 Å². The SMILES string of the molecule is C1CO1.C1COCO1.CC.CCOC.COC(C)O. The molecule has 6 heteroatoms. The number of ether oxygens (including phenoxy) is 5. The van der Waals surface area contributed by atoms with Crippen LogP contribution >= 0.6 is 0 Å². The Balaban J connectivity index is -0.000000174. The molecule has 2 aliphatic rings. The highest BCUT2D eigenvalue weighted by molar-refractivity contribution is 4.36. The van der Waals surface area contributed by atoms with Crippen molar-refractivity contribution >= 4 is 0 Å². The molecule has 19 heavy (non-hydrogen) atoms. The third-order valence-electron chi connectivity index (χ3n) is 1.37. The first-order valence-electron chi connectivity index (χ1n) is 6.62. The zero-order chi connectivity index (χ0) is 15.4. The molecule has 0 aromatic carbocycles. The van der Waals surface area contributed by atoms with Gasteiger partial charge in [-0.15, -0.1) is 0 Å². The van der Waals surface area contributed by atoms with Gasteiger partial charge in [0.1, 0.15) is 6.79 Å². The maximum Gasteiger partial charge on any atom is 0.151 e. The van der Waals surface area contributed by atoms with E-state index in [1.165, 1.54) is 7.11 Å². The quantitative estimate of drug-likeness (QED) is 0.614. The Morgan fingerprint density at radius 2 is 1.26 bits per heavy atom. The lowest BCUT2D eigenvalue weighted by Gasteiger charge is -1.94. The Labute approximate surface area is 117 Å². The molecule has 0 saturated carbocycles. The fourth-order valence-corrected chi connectivity index (χ4v) is 0.295. The van der Waals surface area contributed by atoms with Crippen molar-refractivity contribution in [1.29, 1.82) is 0 Å². The third kappa shape index (κ3) is 57.5. The number of aliphatic hydroxyl groups is 1. The van der Waals surface area contributed by atoms with Gasteiger partial charge in [-0.25, -0.2) is 0 Å². The molecular weight excluding hydrogens is 252 g/mol. The summed E-state index contributed by atoms with van der Waals surface area (Å²) in [4.78, 5) is 0. The van der Waals surface area contributed by atoms with E-state index in [4.69, 9.17) is 14.6 Å². The first-order valence-corrected chi connectivity index (χ1v) is 6.62. The van der Waals surface area contributed by atoms with Crippen LogP contribution in [0.3, 0.4) is 0 Å². The van der Waals surface area contributed by atoms with E-state index in [0.717, 1.165) is 33.0 Å². The summed E-state index contributed by atoms with van der Waals surface area (Å²) in [5, 5.41) is 8.14. The normalized spacial score (nSPS) is 15.9. The molecule has 1 atom stereocenters. The van der Waals surface area contributed by atoms with E-state index in [2.05, 4.69) is 14.2 Å². The highest BCUT2D eigenvalue weighted by atomic mass is 16.7. The van der Waals surface area contributed by atoms with Gasteiger partial charge < -0.3 is 28.8 Å². The molecule has 120 valence electrons. The lowest BCUT2D eigenvalue weighted by Crippen LogP contribution is -1.99. The number of methoxy groups -OCH3 is 2. The Kier molecular flexibility index (Phi) is 33.0. The van der Waals surface area contributed by atoms with Crippen LogP contribution < -0.4 is 0 Å². The van der Waals surface area contributed by atoms with Crippen LogP contribution in [0.4, 0.5) is 0 Å². The van der Waals surface area contributed by atoms with Crippen molar-refractivity contribution < 1.29 is 28.8 Å². The summed E-state index contributed by atoms with van der Waals surface area (Å²) in [6, 6.07) is 0. The van der Waals surface area contributed by atoms with Crippen molar-refractivity contribution in [3.05, 3.63) is 0 Å². The van der Waals surface area contributed by atoms with Crippen LogP contribution in [-0.2, 0) is 23.7 Å². The van der Waals surface area contributed by atoms with Crippen molar-refractivity contribution in [2.24, 2.45) is 0 Å². The number of epoxide rings is 1. The second kappa shape index (κ2) is 26.3. The van der Waals surface area contributed by atoms with Crippen LogP contribution in [0.1, 0.15) is 27.7 Å². The van der Waals surface area contributed by atoms with Crippen LogP contribution in [0.5, 0.6) is 0 Å². The van der Waals surface area contributed by atoms with Gasteiger partial charge in [-0.3, -0.25) is 0 Å². The highest BCUT2D eigenvalue weighted by Crippen LogP contribution is 1.86. The fraction of sp³-hybridized carbons (Fsp3) is 1.00. The molecule has 0 amide bonds. The summed E-state index contributed by atoms with van der Waals surface area (Å²) in [7, 11) is 3.13. The summed E-state index contributed by atoms with van der Waals surface area (Å²) in [5.41, 5.74) is 0. The Bertz CT molecular complexity index is 103. The maximum atomic E-state index is 8.14. The minimum Gasteiger partial charge on any atom is -0.385 e. The van der Waals surface area contributed by atoms with Crippen LogP contribution in [0.2, 0.25) is 0 Å². The molecule has 2 heterocycles. The molecule has 0 aromatic rings. The van der Waals surface area contributed by atoms with E-state index in [9.17, 15) is 0 Å². The van der Waals surface area contributed by atoms with Crippen molar-refractivity contribution in [3.63, 3.8) is 0 Å². The monoisotopic (exact) mass is 284 g/mol. The number of rotatable bonds is 2. The molecule has 0 bridgehead atoms. The molecule has 6 nitrogen and oxygen atoms in total. The smallest absolute Gasteiger partial charge is 0.151 e. The van der Waals surface area contributed by atoms with E-state index >= 15 is 0 Å². The van der Waals surface area contributed by atoms with Gasteiger partial charge in [-0.2, -0.15) is 0 Å². The van der Waals surface area contributed by atoms with E-state index in [0.29, 0.717) is 6.79 Å². The van der Waals surface area contributed by atoms with Gasteiger partial charge >= 0.3 is 0 Å². The average Bonchev–Trinajstić information content (AvgIpc) is 3.23. The van der Waals surface area contributed by atoms with Crippen LogP contribution in [0.15, 0.2) is 0 Å². The number of hydrogen-bond donors (Lipinski definition) is 1. The van der Waals surface area contributed by atoms with Crippen LogP contribution in [-0.4, -0.2) is 65.4 Å². The Hall–Kier alpha value is -0.240. The number of aliphatic hydroxyl groups excluding tert-OH is 1. The molecule has 2 aliphatic heterocycles. The predicted molar refractivity (Wildman–Crippen MR) is 75.2 cm³/mol. The van der Waals surface area contributed by atoms with Gasteiger partial charge in [-0.1, -0.05) is 13.8 Å². The third-order valence-corrected chi connectivity index (χ3v) is 1.37. The van der Waals surface area contributed by atoms with Crippen LogP contribution in [0.25, 0.3) is 0 Å². The predicted octanol–water partition coefficient (Wildman–Crippen LogP) is 1.66. The second-order valence-electron chi connectivity index (χ2n) is 2.96. The van der Waals surface area contributed by atoms with Crippen molar-refractivity contribution in [2.45, 2.75) is 34.0 Å². The molecule has 1 N–H and O–H groups in total. The summed E-state index contributed by atoms with van der Waals surface area (Å²) in [5.74, 6) is 0. The van der Waals surface area contributed by atoms with Crippen molar-refractivity contribution in [1.82, 2.24) is 0 Å². The van der Waals surface area contributed by atoms with Gasteiger partial charge in [0.05, 0.1) is 26.4 Å². The van der Waals surface area contributed by atoms with E-state index in [1.54, 1.807) is 14.0 Å². The Morgan fingerprint density at radius 1 is 1.00 bits per heavy atom. The lowest BCUT2D eigenvalue weighted by molar-refractivity contribution is -0.0583. The minimum atomic E-state index is -0.616. The van der Waals surface area contributed by atoms with Gasteiger partial charge in [-0.05, 0) is 13.8 Å². The van der Waals surface area contributed by atoms with Gasteiger partial charge in [0.2, 0.25) is 0 Å². The van der Waals surface area contributed by atoms with Gasteiger partial charge in [0.25, 0.3) is 0 Å². The maximum absolute atomic E-state index is 8.14. The van der Waals surface area contributed by atoms with E-state index < -0.39 is 6.29 Å². The highest BCUT2D eigenvalue weighted by Gasteiger charge is 1.94. The zero-order valence-corrected chi connectivity index (χ0v) is 13.3. The summed E-state index contributed by atoms with van der Waals surface area (Å²) >= 11 is 0. The van der Waals surface area contributed by atoms with Crippen molar-refractivity contribution in [3.8, 4) is 0 Å². The molecule has 2 fully saturated rings. The second-order valence-corrected chi connectivity index (χ2v) is 2.96. The first-order chi connectivity index (χ1) is 9.18. The van der Waals surface area contributed by atoms with Gasteiger partial charge in [0, 0.05) is 20.8 Å². The van der Waals surface area contributed by atoms with Gasteiger partial charge in [0.15, 0.2) is 6.29 Å². The lowest BCUT2D eigenvalue weighted by atomic mass is 10.8. The average molecular weight is 284 g/mol. The first kappa shape index (κ1) is 23.8. The molecule has 1 unspecified atom stereocenters. The summed E-state index contributed by atoms with van der Waals surface area (Å²) in [6.45, 7) is 12.4. The summed E-state index contributed by atoms with van der Waals surface area (Å²) in [6.07, 6.45) is -0.616. The van der Waals surface area contributed by atoms with E-state index in [1.807, 2.05) is 20.8 Å². The molecule has 2 rings (SSSR count). The Morgan fingerprint density at radius 3 is 1.32 bits per heavy atom. The molecule has 0 radical (unpaired) electrons. The van der Waals surface area contributed by atoms with Crippen LogP contribution in [0, 0.1) is 0 Å².